The minimum atomic E-state index is -1.24. The first-order valence-corrected chi connectivity index (χ1v) is 4.70. The van der Waals surface area contributed by atoms with Gasteiger partial charge in [-0.25, -0.2) is 0 Å². The van der Waals surface area contributed by atoms with Crippen LogP contribution in [0, 0.1) is 22.7 Å². The number of hydrogen-bond donors (Lipinski definition) is 2. The van der Waals surface area contributed by atoms with Crippen LogP contribution in [0.5, 0.6) is 0 Å². The van der Waals surface area contributed by atoms with Crippen LogP contribution in [0.3, 0.4) is 0 Å². The minimum absolute atomic E-state index is 0.299. The molecular formula is C9H18BNO2. The van der Waals surface area contributed by atoms with Gasteiger partial charge in [-0.05, 0) is 25.6 Å². The predicted octanol–water partition coefficient (Wildman–Crippen LogP) is 1.43. The summed E-state index contributed by atoms with van der Waals surface area (Å²) in [5, 5.41) is 26.2. The first kappa shape index (κ1) is 12.5. The average molecular weight is 183 g/mol. The minimum Gasteiger partial charge on any atom is -0.427 e. The summed E-state index contributed by atoms with van der Waals surface area (Å²) in [6, 6.07) is 2.29. The highest BCUT2D eigenvalue weighted by atomic mass is 16.4. The lowest BCUT2D eigenvalue weighted by Gasteiger charge is -2.25. The van der Waals surface area contributed by atoms with Gasteiger partial charge in [0, 0.05) is 0 Å². The van der Waals surface area contributed by atoms with Gasteiger partial charge in [-0.1, -0.05) is 20.3 Å². The molecule has 0 aliphatic heterocycles. The standard InChI is InChI=1S/C9H18BNO2/c1-8(2)9(3,7-11)5-4-6-10(12)13/h8,12-13H,4-6H2,1-3H3. The first-order valence-electron chi connectivity index (χ1n) is 4.70. The van der Waals surface area contributed by atoms with Gasteiger partial charge in [0.1, 0.15) is 0 Å². The summed E-state index contributed by atoms with van der Waals surface area (Å²) in [6.45, 7) is 5.94. The van der Waals surface area contributed by atoms with Gasteiger partial charge in [0.05, 0.1) is 11.5 Å². The van der Waals surface area contributed by atoms with E-state index in [1.165, 1.54) is 0 Å². The number of nitrogens with zero attached hydrogens (tertiary/aromatic N) is 1. The fourth-order valence-electron chi connectivity index (χ4n) is 1.13. The normalized spacial score (nSPS) is 15.2. The van der Waals surface area contributed by atoms with E-state index in [-0.39, 0.29) is 5.41 Å². The molecule has 74 valence electrons. The zero-order valence-corrected chi connectivity index (χ0v) is 8.62. The molecule has 1 unspecified atom stereocenters. The summed E-state index contributed by atoms with van der Waals surface area (Å²) in [7, 11) is -1.24. The molecule has 0 radical (unpaired) electrons. The Morgan fingerprint density at radius 1 is 1.46 bits per heavy atom. The number of nitriles is 1. The van der Waals surface area contributed by atoms with Crippen molar-refractivity contribution in [3.05, 3.63) is 0 Å². The van der Waals surface area contributed by atoms with Crippen molar-refractivity contribution in [3.63, 3.8) is 0 Å². The van der Waals surface area contributed by atoms with E-state index in [1.807, 2.05) is 20.8 Å². The predicted molar refractivity (Wildman–Crippen MR) is 52.8 cm³/mol. The van der Waals surface area contributed by atoms with Crippen molar-refractivity contribution >= 4 is 7.12 Å². The van der Waals surface area contributed by atoms with Gasteiger partial charge in [0.15, 0.2) is 0 Å². The Balaban J connectivity index is 3.94. The van der Waals surface area contributed by atoms with E-state index in [0.717, 1.165) is 6.42 Å². The lowest BCUT2D eigenvalue weighted by molar-refractivity contribution is 0.280. The van der Waals surface area contributed by atoms with E-state index in [9.17, 15) is 0 Å². The molecular weight excluding hydrogens is 165 g/mol. The molecule has 3 nitrogen and oxygen atoms in total. The third kappa shape index (κ3) is 4.30. The first-order chi connectivity index (χ1) is 5.92. The fourth-order valence-corrected chi connectivity index (χ4v) is 1.13. The maximum absolute atomic E-state index is 8.95. The second kappa shape index (κ2) is 5.26. The van der Waals surface area contributed by atoms with Crippen LogP contribution in [-0.2, 0) is 0 Å². The Kier molecular flexibility index (Phi) is 5.05. The third-order valence-electron chi connectivity index (χ3n) is 2.69. The molecule has 0 aromatic rings. The van der Waals surface area contributed by atoms with Gasteiger partial charge >= 0.3 is 7.12 Å². The van der Waals surface area contributed by atoms with Crippen molar-refractivity contribution in [3.8, 4) is 6.07 Å². The average Bonchev–Trinajstić information content (AvgIpc) is 2.03. The van der Waals surface area contributed by atoms with E-state index < -0.39 is 7.12 Å². The van der Waals surface area contributed by atoms with E-state index >= 15 is 0 Å². The highest BCUT2D eigenvalue weighted by Crippen LogP contribution is 2.31. The molecule has 1 atom stereocenters. The van der Waals surface area contributed by atoms with Crippen LogP contribution in [0.1, 0.15) is 33.6 Å². The van der Waals surface area contributed by atoms with Crippen LogP contribution >= 0.6 is 0 Å². The van der Waals surface area contributed by atoms with Gasteiger partial charge in [-0.2, -0.15) is 5.26 Å². The Labute approximate surface area is 80.5 Å². The quantitative estimate of drug-likeness (QED) is 0.633. The van der Waals surface area contributed by atoms with Crippen LogP contribution in [0.25, 0.3) is 0 Å². The molecule has 0 saturated heterocycles. The second-order valence-corrected chi connectivity index (χ2v) is 4.06. The van der Waals surface area contributed by atoms with Crippen LogP contribution in [0.2, 0.25) is 6.32 Å². The molecule has 0 bridgehead atoms. The Morgan fingerprint density at radius 2 is 2.00 bits per heavy atom. The second-order valence-electron chi connectivity index (χ2n) is 4.06. The highest BCUT2D eigenvalue weighted by molar-refractivity contribution is 6.40. The van der Waals surface area contributed by atoms with Crippen LogP contribution < -0.4 is 0 Å². The van der Waals surface area contributed by atoms with Crippen molar-refractivity contribution in [1.82, 2.24) is 0 Å². The zero-order valence-electron chi connectivity index (χ0n) is 8.62. The molecule has 0 rings (SSSR count). The van der Waals surface area contributed by atoms with Gasteiger partial charge < -0.3 is 10.0 Å². The maximum Gasteiger partial charge on any atom is 0.451 e. The Bertz CT molecular complexity index is 189. The lowest BCUT2D eigenvalue weighted by atomic mass is 9.73. The molecule has 0 amide bonds. The summed E-state index contributed by atoms with van der Waals surface area (Å²) in [5.74, 6) is 0.299. The lowest BCUT2D eigenvalue weighted by Crippen LogP contribution is -2.22. The Morgan fingerprint density at radius 3 is 2.31 bits per heavy atom. The molecule has 0 aliphatic carbocycles. The SMILES string of the molecule is CC(C)C(C)(C#N)CCCB(O)O. The van der Waals surface area contributed by atoms with Crippen LogP contribution in [0.4, 0.5) is 0 Å². The fraction of sp³-hybridized carbons (Fsp3) is 0.889. The van der Waals surface area contributed by atoms with Crippen molar-refractivity contribution < 1.29 is 10.0 Å². The molecule has 0 aromatic carbocycles. The topological polar surface area (TPSA) is 64.2 Å². The zero-order chi connectivity index (χ0) is 10.5. The van der Waals surface area contributed by atoms with Crippen molar-refractivity contribution in [2.45, 2.75) is 39.9 Å². The van der Waals surface area contributed by atoms with Gasteiger partial charge in [-0.15, -0.1) is 0 Å². The van der Waals surface area contributed by atoms with E-state index in [0.29, 0.717) is 18.7 Å². The van der Waals surface area contributed by atoms with E-state index in [1.54, 1.807) is 0 Å². The van der Waals surface area contributed by atoms with Crippen LogP contribution in [0.15, 0.2) is 0 Å². The van der Waals surface area contributed by atoms with Crippen LogP contribution in [-0.4, -0.2) is 17.2 Å². The molecule has 0 aromatic heterocycles. The highest BCUT2D eigenvalue weighted by Gasteiger charge is 2.27. The monoisotopic (exact) mass is 183 g/mol. The third-order valence-corrected chi connectivity index (χ3v) is 2.69. The van der Waals surface area contributed by atoms with E-state index in [4.69, 9.17) is 15.3 Å². The summed E-state index contributed by atoms with van der Waals surface area (Å²) in [5.41, 5.74) is -0.338. The summed E-state index contributed by atoms with van der Waals surface area (Å²) >= 11 is 0. The number of rotatable bonds is 5. The van der Waals surface area contributed by atoms with E-state index in [2.05, 4.69) is 6.07 Å². The molecule has 0 fully saturated rings. The molecule has 13 heavy (non-hydrogen) atoms. The Hall–Kier alpha value is -0.525. The summed E-state index contributed by atoms with van der Waals surface area (Å²) in [6.07, 6.45) is 1.75. The molecule has 0 aliphatic rings. The molecule has 0 saturated carbocycles. The number of hydrogen-bond acceptors (Lipinski definition) is 3. The summed E-state index contributed by atoms with van der Waals surface area (Å²) < 4.78 is 0. The van der Waals surface area contributed by atoms with Gasteiger partial charge in [0.2, 0.25) is 0 Å². The maximum atomic E-state index is 8.95. The van der Waals surface area contributed by atoms with Gasteiger partial charge in [-0.3, -0.25) is 0 Å². The van der Waals surface area contributed by atoms with Crippen molar-refractivity contribution in [1.29, 1.82) is 5.26 Å². The molecule has 0 spiro atoms. The van der Waals surface area contributed by atoms with Gasteiger partial charge in [0.25, 0.3) is 0 Å². The summed E-state index contributed by atoms with van der Waals surface area (Å²) in [4.78, 5) is 0. The smallest absolute Gasteiger partial charge is 0.427 e. The molecule has 0 heterocycles. The molecule has 4 heteroatoms. The van der Waals surface area contributed by atoms with Crippen molar-refractivity contribution in [2.75, 3.05) is 0 Å². The largest absolute Gasteiger partial charge is 0.451 e. The van der Waals surface area contributed by atoms with Crippen molar-refractivity contribution in [2.24, 2.45) is 11.3 Å². The molecule has 2 N–H and O–H groups in total.